The molecule has 0 aliphatic heterocycles. The van der Waals surface area contributed by atoms with Gasteiger partial charge in [-0.15, -0.1) is 0 Å². The third kappa shape index (κ3) is 3.24. The summed E-state index contributed by atoms with van der Waals surface area (Å²) in [5, 5.41) is 4.14. The molecule has 0 aliphatic rings. The number of hydrogen-bond donors (Lipinski definition) is 1. The van der Waals surface area contributed by atoms with Gasteiger partial charge >= 0.3 is 0 Å². The molecule has 1 aromatic heterocycles. The van der Waals surface area contributed by atoms with Gasteiger partial charge in [0.1, 0.15) is 12.4 Å². The van der Waals surface area contributed by atoms with Gasteiger partial charge in [0.05, 0.1) is 26.0 Å². The van der Waals surface area contributed by atoms with E-state index in [-0.39, 0.29) is 0 Å². The van der Waals surface area contributed by atoms with Gasteiger partial charge < -0.3 is 15.2 Å². The first kappa shape index (κ1) is 12.4. The maximum Gasteiger partial charge on any atom is 0.157 e. The van der Waals surface area contributed by atoms with E-state index in [1.54, 1.807) is 18.0 Å². The van der Waals surface area contributed by atoms with Crippen LogP contribution in [-0.4, -0.2) is 23.4 Å². The fourth-order valence-electron chi connectivity index (χ4n) is 1.60. The molecule has 0 amide bonds. The van der Waals surface area contributed by atoms with Crippen molar-refractivity contribution in [1.29, 1.82) is 0 Å². The van der Waals surface area contributed by atoms with E-state index in [0.29, 0.717) is 19.7 Å². The Morgan fingerprint density at radius 3 is 3.00 bits per heavy atom. The van der Waals surface area contributed by atoms with Crippen molar-refractivity contribution >= 4 is 0 Å². The van der Waals surface area contributed by atoms with Crippen LogP contribution in [0.5, 0.6) is 11.5 Å². The third-order valence-corrected chi connectivity index (χ3v) is 2.51. The van der Waals surface area contributed by atoms with E-state index in [1.165, 1.54) is 0 Å². The molecule has 2 N–H and O–H groups in total. The zero-order chi connectivity index (χ0) is 12.8. The molecular weight excluding hydrogens is 230 g/mol. The van der Waals surface area contributed by atoms with Gasteiger partial charge in [0, 0.05) is 6.54 Å². The summed E-state index contributed by atoms with van der Waals surface area (Å²) >= 11 is 0. The number of methoxy groups -OCH3 is 1. The van der Waals surface area contributed by atoms with Gasteiger partial charge in [-0.3, -0.25) is 4.68 Å². The van der Waals surface area contributed by atoms with E-state index in [4.69, 9.17) is 15.2 Å². The molecule has 5 heteroatoms. The highest BCUT2D eigenvalue weighted by Crippen LogP contribution is 2.15. The Labute approximate surface area is 106 Å². The molecular formula is C13H17N3O2. The lowest BCUT2D eigenvalue weighted by molar-refractivity contribution is 0.304. The predicted molar refractivity (Wildman–Crippen MR) is 68.6 cm³/mol. The van der Waals surface area contributed by atoms with Gasteiger partial charge in [0.15, 0.2) is 5.75 Å². The monoisotopic (exact) mass is 247 g/mol. The number of nitrogens with two attached hydrogens (primary N) is 1. The minimum atomic E-state index is 0.492. The smallest absolute Gasteiger partial charge is 0.157 e. The molecule has 1 heterocycles. The second-order valence-electron chi connectivity index (χ2n) is 3.87. The minimum absolute atomic E-state index is 0.492. The maximum atomic E-state index is 5.64. The SMILES string of the molecule is COc1cccc(COc2cnn(CCN)c2)c1. The first-order valence-corrected chi connectivity index (χ1v) is 5.80. The molecule has 2 aromatic rings. The quantitative estimate of drug-likeness (QED) is 0.838. The van der Waals surface area contributed by atoms with Crippen molar-refractivity contribution in [3.8, 4) is 11.5 Å². The van der Waals surface area contributed by atoms with Gasteiger partial charge in [-0.1, -0.05) is 12.1 Å². The van der Waals surface area contributed by atoms with Gasteiger partial charge in [-0.05, 0) is 17.7 Å². The summed E-state index contributed by atoms with van der Waals surface area (Å²) in [6.45, 7) is 1.76. The summed E-state index contributed by atoms with van der Waals surface area (Å²) in [6, 6.07) is 7.79. The molecule has 1 aromatic carbocycles. The van der Waals surface area contributed by atoms with Crippen molar-refractivity contribution in [2.75, 3.05) is 13.7 Å². The fourth-order valence-corrected chi connectivity index (χ4v) is 1.60. The third-order valence-electron chi connectivity index (χ3n) is 2.51. The van der Waals surface area contributed by atoms with Crippen LogP contribution in [0.15, 0.2) is 36.7 Å². The lowest BCUT2D eigenvalue weighted by Crippen LogP contribution is -2.09. The highest BCUT2D eigenvalue weighted by molar-refractivity contribution is 5.28. The Morgan fingerprint density at radius 1 is 1.33 bits per heavy atom. The van der Waals surface area contributed by atoms with Crippen molar-refractivity contribution in [2.45, 2.75) is 13.2 Å². The largest absolute Gasteiger partial charge is 0.497 e. The molecule has 5 nitrogen and oxygen atoms in total. The number of ether oxygens (including phenoxy) is 2. The van der Waals surface area contributed by atoms with Crippen LogP contribution in [0.2, 0.25) is 0 Å². The molecule has 0 spiro atoms. The normalized spacial score (nSPS) is 10.3. The summed E-state index contributed by atoms with van der Waals surface area (Å²) in [6.07, 6.45) is 3.53. The van der Waals surface area contributed by atoms with Gasteiger partial charge in [-0.25, -0.2) is 0 Å². The van der Waals surface area contributed by atoms with Crippen LogP contribution in [0.1, 0.15) is 5.56 Å². The predicted octanol–water partition coefficient (Wildman–Crippen LogP) is 1.43. The Hall–Kier alpha value is -2.01. The topological polar surface area (TPSA) is 62.3 Å². The molecule has 0 atom stereocenters. The molecule has 2 rings (SSSR count). The van der Waals surface area contributed by atoms with Gasteiger partial charge in [0.25, 0.3) is 0 Å². The summed E-state index contributed by atoms with van der Waals surface area (Å²) in [5.74, 6) is 1.57. The number of rotatable bonds is 6. The van der Waals surface area contributed by atoms with Crippen LogP contribution in [0.25, 0.3) is 0 Å². The molecule has 0 aliphatic carbocycles. The first-order valence-electron chi connectivity index (χ1n) is 5.80. The van der Waals surface area contributed by atoms with Crippen molar-refractivity contribution in [1.82, 2.24) is 9.78 Å². The minimum Gasteiger partial charge on any atom is -0.497 e. The van der Waals surface area contributed by atoms with Crippen molar-refractivity contribution in [2.24, 2.45) is 5.73 Å². The second kappa shape index (κ2) is 6.07. The Kier molecular flexibility index (Phi) is 4.20. The summed E-state index contributed by atoms with van der Waals surface area (Å²) in [4.78, 5) is 0. The zero-order valence-corrected chi connectivity index (χ0v) is 10.4. The van der Waals surface area contributed by atoms with Crippen LogP contribution in [0, 0.1) is 0 Å². The molecule has 0 saturated carbocycles. The van der Waals surface area contributed by atoms with Crippen molar-refractivity contribution in [3.63, 3.8) is 0 Å². The molecule has 0 radical (unpaired) electrons. The van der Waals surface area contributed by atoms with Crippen LogP contribution in [0.4, 0.5) is 0 Å². The molecule has 0 bridgehead atoms. The van der Waals surface area contributed by atoms with Gasteiger partial charge in [-0.2, -0.15) is 5.10 Å². The van der Waals surface area contributed by atoms with Crippen LogP contribution in [-0.2, 0) is 13.2 Å². The standard InChI is InChI=1S/C13H17N3O2/c1-17-12-4-2-3-11(7-12)10-18-13-8-15-16(9-13)6-5-14/h2-4,7-9H,5-6,10,14H2,1H3. The average Bonchev–Trinajstić information content (AvgIpc) is 2.85. The van der Waals surface area contributed by atoms with Crippen LogP contribution >= 0.6 is 0 Å². The van der Waals surface area contributed by atoms with E-state index >= 15 is 0 Å². The van der Waals surface area contributed by atoms with Crippen molar-refractivity contribution in [3.05, 3.63) is 42.2 Å². The Morgan fingerprint density at radius 2 is 2.22 bits per heavy atom. The molecule has 18 heavy (non-hydrogen) atoms. The van der Waals surface area contributed by atoms with E-state index in [0.717, 1.165) is 17.1 Å². The molecule has 0 saturated heterocycles. The summed E-state index contributed by atoms with van der Waals surface area (Å²) < 4.78 is 12.6. The molecule has 0 fully saturated rings. The molecule has 96 valence electrons. The number of hydrogen-bond acceptors (Lipinski definition) is 4. The zero-order valence-electron chi connectivity index (χ0n) is 10.4. The van der Waals surface area contributed by atoms with Crippen molar-refractivity contribution < 1.29 is 9.47 Å². The lowest BCUT2D eigenvalue weighted by atomic mass is 10.2. The van der Waals surface area contributed by atoms with Gasteiger partial charge in [0.2, 0.25) is 0 Å². The summed E-state index contributed by atoms with van der Waals surface area (Å²) in [7, 11) is 1.65. The number of aromatic nitrogens is 2. The second-order valence-corrected chi connectivity index (χ2v) is 3.87. The number of benzene rings is 1. The maximum absolute atomic E-state index is 5.64. The van der Waals surface area contributed by atoms with Crippen LogP contribution < -0.4 is 15.2 Å². The van der Waals surface area contributed by atoms with E-state index in [1.807, 2.05) is 30.5 Å². The molecule has 0 unspecified atom stereocenters. The first-order chi connectivity index (χ1) is 8.81. The van der Waals surface area contributed by atoms with E-state index < -0.39 is 0 Å². The van der Waals surface area contributed by atoms with E-state index in [2.05, 4.69) is 5.10 Å². The average molecular weight is 247 g/mol. The summed E-state index contributed by atoms with van der Waals surface area (Å²) in [5.41, 5.74) is 6.51. The van der Waals surface area contributed by atoms with Crippen LogP contribution in [0.3, 0.4) is 0 Å². The Bertz CT molecular complexity index is 496. The highest BCUT2D eigenvalue weighted by atomic mass is 16.5. The fraction of sp³-hybridized carbons (Fsp3) is 0.308. The Balaban J connectivity index is 1.93. The number of nitrogens with zero attached hydrogens (tertiary/aromatic N) is 2. The lowest BCUT2D eigenvalue weighted by Gasteiger charge is -2.05. The van der Waals surface area contributed by atoms with E-state index in [9.17, 15) is 0 Å². The highest BCUT2D eigenvalue weighted by Gasteiger charge is 2.01.